The van der Waals surface area contributed by atoms with Gasteiger partial charge in [0.25, 0.3) is 0 Å². The molecule has 1 fully saturated rings. The van der Waals surface area contributed by atoms with Gasteiger partial charge in [0.05, 0.1) is 23.4 Å². The standard InChI is InChI=1S/C7H15NO5S2/c1-6(4-9)8-15(12,13)7-2-3-14(10,11)5-7/h6-9H,2-5H2,1H3/t6-,7?/m0/s1. The Kier molecular flexibility index (Phi) is 3.75. The topological polar surface area (TPSA) is 101 Å². The number of rotatable bonds is 4. The van der Waals surface area contributed by atoms with Gasteiger partial charge in [-0.1, -0.05) is 0 Å². The van der Waals surface area contributed by atoms with Gasteiger partial charge in [-0.25, -0.2) is 21.6 Å². The van der Waals surface area contributed by atoms with Crippen molar-refractivity contribution < 1.29 is 21.9 Å². The predicted molar refractivity (Wildman–Crippen MR) is 55.7 cm³/mol. The third kappa shape index (κ3) is 3.40. The van der Waals surface area contributed by atoms with Crippen LogP contribution in [0.2, 0.25) is 0 Å². The fourth-order valence-electron chi connectivity index (χ4n) is 1.42. The lowest BCUT2D eigenvalue weighted by molar-refractivity contribution is 0.265. The second-order valence-corrected chi connectivity index (χ2v) is 7.99. The molecule has 8 heteroatoms. The lowest BCUT2D eigenvalue weighted by Crippen LogP contribution is -2.41. The van der Waals surface area contributed by atoms with E-state index in [0.717, 1.165) is 0 Å². The molecule has 2 N–H and O–H groups in total. The molecule has 2 atom stereocenters. The van der Waals surface area contributed by atoms with Crippen LogP contribution in [0.4, 0.5) is 0 Å². The van der Waals surface area contributed by atoms with Crippen molar-refractivity contribution in [3.8, 4) is 0 Å². The zero-order valence-corrected chi connectivity index (χ0v) is 10.0. The first-order chi connectivity index (χ1) is 6.77. The van der Waals surface area contributed by atoms with E-state index in [4.69, 9.17) is 5.11 Å². The Balaban J connectivity index is 2.72. The minimum atomic E-state index is -3.63. The van der Waals surface area contributed by atoms with E-state index in [-0.39, 0.29) is 24.5 Å². The Morgan fingerprint density at radius 2 is 2.13 bits per heavy atom. The zero-order chi connectivity index (χ0) is 11.7. The van der Waals surface area contributed by atoms with E-state index in [2.05, 4.69) is 4.72 Å². The van der Waals surface area contributed by atoms with Crippen LogP contribution in [0.3, 0.4) is 0 Å². The van der Waals surface area contributed by atoms with Crippen LogP contribution >= 0.6 is 0 Å². The van der Waals surface area contributed by atoms with Gasteiger partial charge < -0.3 is 5.11 Å². The minimum Gasteiger partial charge on any atom is -0.395 e. The van der Waals surface area contributed by atoms with E-state index in [1.807, 2.05) is 0 Å². The van der Waals surface area contributed by atoms with Crippen molar-refractivity contribution in [2.24, 2.45) is 0 Å². The number of sulfone groups is 1. The van der Waals surface area contributed by atoms with Crippen molar-refractivity contribution in [3.63, 3.8) is 0 Å². The smallest absolute Gasteiger partial charge is 0.215 e. The molecule has 0 radical (unpaired) electrons. The molecule has 90 valence electrons. The molecule has 0 aromatic heterocycles. The Bertz CT molecular complexity index is 413. The molecule has 0 aromatic rings. The van der Waals surface area contributed by atoms with E-state index < -0.39 is 31.2 Å². The Morgan fingerprint density at radius 3 is 2.53 bits per heavy atom. The van der Waals surface area contributed by atoms with E-state index in [1.54, 1.807) is 0 Å². The molecular weight excluding hydrogens is 242 g/mol. The van der Waals surface area contributed by atoms with Crippen molar-refractivity contribution in [1.82, 2.24) is 4.72 Å². The van der Waals surface area contributed by atoms with Crippen LogP contribution in [0.1, 0.15) is 13.3 Å². The molecule has 0 spiro atoms. The van der Waals surface area contributed by atoms with Crippen molar-refractivity contribution in [3.05, 3.63) is 0 Å². The van der Waals surface area contributed by atoms with Crippen LogP contribution in [0.25, 0.3) is 0 Å². The molecule has 1 saturated heterocycles. The van der Waals surface area contributed by atoms with Gasteiger partial charge in [-0.3, -0.25) is 0 Å². The first-order valence-corrected chi connectivity index (χ1v) is 7.96. The molecule has 1 aliphatic heterocycles. The van der Waals surface area contributed by atoms with Gasteiger partial charge in [-0.2, -0.15) is 0 Å². The number of nitrogens with one attached hydrogen (secondary N) is 1. The van der Waals surface area contributed by atoms with Crippen LogP contribution in [0, 0.1) is 0 Å². The summed E-state index contributed by atoms with van der Waals surface area (Å²) in [5, 5.41) is 7.82. The molecule has 6 nitrogen and oxygen atoms in total. The lowest BCUT2D eigenvalue weighted by Gasteiger charge is -2.15. The summed E-state index contributed by atoms with van der Waals surface area (Å²) in [6.07, 6.45) is 0.135. The van der Waals surface area contributed by atoms with Crippen LogP contribution in [0.15, 0.2) is 0 Å². The second kappa shape index (κ2) is 4.36. The van der Waals surface area contributed by atoms with E-state index in [9.17, 15) is 16.8 Å². The molecule has 0 bridgehead atoms. The first kappa shape index (κ1) is 12.9. The normalized spacial score (nSPS) is 27.7. The van der Waals surface area contributed by atoms with E-state index in [0.29, 0.717) is 0 Å². The minimum absolute atomic E-state index is 0.0773. The van der Waals surface area contributed by atoms with Gasteiger partial charge in [0.1, 0.15) is 0 Å². The van der Waals surface area contributed by atoms with Crippen LogP contribution in [0.5, 0.6) is 0 Å². The molecule has 0 aliphatic carbocycles. The maximum atomic E-state index is 11.6. The highest BCUT2D eigenvalue weighted by molar-refractivity contribution is 7.95. The van der Waals surface area contributed by atoms with Gasteiger partial charge in [0.2, 0.25) is 10.0 Å². The largest absolute Gasteiger partial charge is 0.395 e. The molecule has 1 aliphatic rings. The average Bonchev–Trinajstić information content (AvgIpc) is 2.45. The lowest BCUT2D eigenvalue weighted by atomic mass is 10.4. The van der Waals surface area contributed by atoms with E-state index >= 15 is 0 Å². The molecular formula is C7H15NO5S2. The van der Waals surface area contributed by atoms with Crippen molar-refractivity contribution >= 4 is 19.9 Å². The second-order valence-electron chi connectivity index (χ2n) is 3.77. The highest BCUT2D eigenvalue weighted by Gasteiger charge is 2.37. The Morgan fingerprint density at radius 1 is 1.53 bits per heavy atom. The highest BCUT2D eigenvalue weighted by Crippen LogP contribution is 2.18. The van der Waals surface area contributed by atoms with Gasteiger partial charge >= 0.3 is 0 Å². The summed E-state index contributed by atoms with van der Waals surface area (Å²) in [4.78, 5) is 0. The third-order valence-electron chi connectivity index (χ3n) is 2.27. The van der Waals surface area contributed by atoms with Crippen LogP contribution in [-0.4, -0.2) is 51.3 Å². The molecule has 1 unspecified atom stereocenters. The first-order valence-electron chi connectivity index (χ1n) is 4.59. The van der Waals surface area contributed by atoms with Gasteiger partial charge in [-0.15, -0.1) is 0 Å². The monoisotopic (exact) mass is 257 g/mol. The summed E-state index contributed by atoms with van der Waals surface area (Å²) in [5.41, 5.74) is 0. The van der Waals surface area contributed by atoms with Crippen LogP contribution < -0.4 is 4.72 Å². The number of hydrogen-bond donors (Lipinski definition) is 2. The molecule has 0 amide bonds. The van der Waals surface area contributed by atoms with Crippen molar-refractivity contribution in [2.45, 2.75) is 24.6 Å². The SMILES string of the molecule is C[C@@H](CO)NS(=O)(=O)C1CCS(=O)(=O)C1. The number of hydrogen-bond acceptors (Lipinski definition) is 5. The van der Waals surface area contributed by atoms with Gasteiger partial charge in [-0.05, 0) is 13.3 Å². The van der Waals surface area contributed by atoms with Crippen LogP contribution in [-0.2, 0) is 19.9 Å². The molecule has 1 heterocycles. The Labute approximate surface area is 89.7 Å². The van der Waals surface area contributed by atoms with Crippen molar-refractivity contribution in [2.75, 3.05) is 18.1 Å². The zero-order valence-electron chi connectivity index (χ0n) is 8.38. The van der Waals surface area contributed by atoms with Gasteiger partial charge in [0.15, 0.2) is 9.84 Å². The third-order valence-corrected chi connectivity index (χ3v) is 6.26. The maximum Gasteiger partial charge on any atom is 0.215 e. The Hall–Kier alpha value is -0.180. The summed E-state index contributed by atoms with van der Waals surface area (Å²) in [7, 11) is -6.83. The summed E-state index contributed by atoms with van der Waals surface area (Å²) < 4.78 is 47.7. The molecule has 1 rings (SSSR count). The predicted octanol–water partition coefficient (Wildman–Crippen LogP) is -1.53. The van der Waals surface area contributed by atoms with Crippen molar-refractivity contribution in [1.29, 1.82) is 0 Å². The number of aliphatic hydroxyl groups is 1. The van der Waals surface area contributed by atoms with E-state index in [1.165, 1.54) is 6.92 Å². The fraction of sp³-hybridized carbons (Fsp3) is 1.00. The average molecular weight is 257 g/mol. The molecule has 0 aromatic carbocycles. The summed E-state index contributed by atoms with van der Waals surface area (Å²) in [5.74, 6) is -0.396. The summed E-state index contributed by atoms with van der Waals surface area (Å²) >= 11 is 0. The number of aliphatic hydroxyl groups excluding tert-OH is 1. The molecule has 0 saturated carbocycles. The van der Waals surface area contributed by atoms with Gasteiger partial charge in [0, 0.05) is 6.04 Å². The highest BCUT2D eigenvalue weighted by atomic mass is 32.2. The maximum absolute atomic E-state index is 11.6. The fourth-order valence-corrected chi connectivity index (χ4v) is 5.71. The summed E-state index contributed by atoms with van der Waals surface area (Å²) in [6, 6.07) is -0.585. The number of sulfonamides is 1. The summed E-state index contributed by atoms with van der Waals surface area (Å²) in [6.45, 7) is 1.21. The quantitative estimate of drug-likeness (QED) is 0.636. The molecule has 15 heavy (non-hydrogen) atoms.